The first-order valence-electron chi connectivity index (χ1n) is 13.2. The SMILES string of the molecule is C/C=C(\c1ccc(Nc2nc(N)n(-c3cc4c(nn3)-c3ccccc3CCC4)n2)cc1)N1CCN(C)CC1. The van der Waals surface area contributed by atoms with Gasteiger partial charge in [0, 0.05) is 43.1 Å². The van der Waals surface area contributed by atoms with E-state index in [9.17, 15) is 0 Å². The number of likely N-dealkylation sites (N-methyl/N-ethyl adjacent to an activating group) is 1. The molecule has 194 valence electrons. The van der Waals surface area contributed by atoms with Crippen molar-refractivity contribution in [3.8, 4) is 17.1 Å². The molecule has 4 aromatic rings. The predicted molar refractivity (Wildman–Crippen MR) is 151 cm³/mol. The normalized spacial score (nSPS) is 16.1. The Morgan fingerprint density at radius 3 is 2.50 bits per heavy atom. The van der Waals surface area contributed by atoms with Crippen LogP contribution in [-0.2, 0) is 12.8 Å². The van der Waals surface area contributed by atoms with E-state index in [1.54, 1.807) is 4.68 Å². The summed E-state index contributed by atoms with van der Waals surface area (Å²) in [5, 5.41) is 16.9. The van der Waals surface area contributed by atoms with Crippen LogP contribution in [0.15, 0.2) is 60.7 Å². The number of benzene rings is 2. The van der Waals surface area contributed by atoms with Crippen molar-refractivity contribution in [1.29, 1.82) is 0 Å². The quantitative estimate of drug-likeness (QED) is 0.416. The number of aromatic nitrogens is 5. The zero-order valence-electron chi connectivity index (χ0n) is 21.9. The third kappa shape index (κ3) is 4.72. The van der Waals surface area contributed by atoms with Gasteiger partial charge < -0.3 is 20.9 Å². The lowest BCUT2D eigenvalue weighted by Gasteiger charge is -2.35. The van der Waals surface area contributed by atoms with Crippen LogP contribution in [0.1, 0.15) is 30.0 Å². The van der Waals surface area contributed by atoms with Crippen molar-refractivity contribution in [3.63, 3.8) is 0 Å². The van der Waals surface area contributed by atoms with Gasteiger partial charge in [0.25, 0.3) is 0 Å². The summed E-state index contributed by atoms with van der Waals surface area (Å²) in [6.45, 7) is 6.33. The summed E-state index contributed by atoms with van der Waals surface area (Å²) in [7, 11) is 2.17. The van der Waals surface area contributed by atoms with Crippen LogP contribution < -0.4 is 11.1 Å². The van der Waals surface area contributed by atoms with Gasteiger partial charge in [0.2, 0.25) is 11.9 Å². The van der Waals surface area contributed by atoms with E-state index in [-0.39, 0.29) is 5.95 Å². The molecule has 0 bridgehead atoms. The maximum Gasteiger partial charge on any atom is 0.248 e. The summed E-state index contributed by atoms with van der Waals surface area (Å²) in [5.41, 5.74) is 14.2. The summed E-state index contributed by atoms with van der Waals surface area (Å²) in [6.07, 6.45) is 5.22. The number of hydrogen-bond donors (Lipinski definition) is 2. The number of anilines is 3. The number of nitrogens with two attached hydrogens (primary N) is 1. The highest BCUT2D eigenvalue weighted by Gasteiger charge is 2.20. The fourth-order valence-corrected chi connectivity index (χ4v) is 5.36. The Labute approximate surface area is 223 Å². The van der Waals surface area contributed by atoms with Crippen LogP contribution in [0.25, 0.3) is 22.8 Å². The Bertz CT molecular complexity index is 1460. The Morgan fingerprint density at radius 2 is 1.71 bits per heavy atom. The first-order valence-corrected chi connectivity index (χ1v) is 13.2. The van der Waals surface area contributed by atoms with Gasteiger partial charge in [-0.25, -0.2) is 0 Å². The van der Waals surface area contributed by atoms with Crippen LogP contribution in [-0.4, -0.2) is 68.0 Å². The van der Waals surface area contributed by atoms with Crippen LogP contribution in [0.2, 0.25) is 0 Å². The summed E-state index contributed by atoms with van der Waals surface area (Å²) < 4.78 is 1.55. The van der Waals surface area contributed by atoms with E-state index >= 15 is 0 Å². The molecule has 1 fully saturated rings. The van der Waals surface area contributed by atoms with Crippen molar-refractivity contribution >= 4 is 23.3 Å². The number of hydrogen-bond acceptors (Lipinski definition) is 8. The number of nitrogens with zero attached hydrogens (tertiary/aromatic N) is 7. The summed E-state index contributed by atoms with van der Waals surface area (Å²) in [6, 6.07) is 18.8. The molecule has 0 atom stereocenters. The predicted octanol–water partition coefficient (Wildman–Crippen LogP) is 4.15. The van der Waals surface area contributed by atoms with Crippen LogP contribution in [0.4, 0.5) is 17.6 Å². The molecular weight excluding hydrogens is 474 g/mol. The fourth-order valence-electron chi connectivity index (χ4n) is 5.36. The number of allylic oxidation sites excluding steroid dienone is 1. The van der Waals surface area contributed by atoms with Crippen LogP contribution in [0, 0.1) is 0 Å². The summed E-state index contributed by atoms with van der Waals surface area (Å²) in [5.74, 6) is 1.25. The lowest BCUT2D eigenvalue weighted by Crippen LogP contribution is -2.43. The zero-order chi connectivity index (χ0) is 26.1. The lowest BCUT2D eigenvalue weighted by atomic mass is 10.0. The first-order chi connectivity index (χ1) is 18.6. The van der Waals surface area contributed by atoms with Crippen LogP contribution in [0.3, 0.4) is 0 Å². The van der Waals surface area contributed by atoms with E-state index in [1.807, 2.05) is 18.2 Å². The molecule has 0 radical (unpaired) electrons. The monoisotopic (exact) mass is 507 g/mol. The molecule has 9 heteroatoms. The van der Waals surface area contributed by atoms with Crippen molar-refractivity contribution in [2.24, 2.45) is 0 Å². The minimum atomic E-state index is 0.263. The Morgan fingerprint density at radius 1 is 0.947 bits per heavy atom. The van der Waals surface area contributed by atoms with E-state index in [4.69, 9.17) is 5.73 Å². The largest absolute Gasteiger partial charge is 0.369 e. The maximum atomic E-state index is 6.25. The van der Waals surface area contributed by atoms with Crippen LogP contribution in [0.5, 0.6) is 0 Å². The summed E-state index contributed by atoms with van der Waals surface area (Å²) >= 11 is 0. The van der Waals surface area contributed by atoms with Gasteiger partial charge >= 0.3 is 0 Å². The van der Waals surface area contributed by atoms with E-state index in [0.717, 1.165) is 67.9 Å². The van der Waals surface area contributed by atoms with Crippen molar-refractivity contribution in [3.05, 3.63) is 77.4 Å². The molecule has 9 nitrogen and oxygen atoms in total. The van der Waals surface area contributed by atoms with Crippen LogP contribution >= 0.6 is 0 Å². The molecular formula is C29H33N9. The van der Waals surface area contributed by atoms with E-state index in [0.29, 0.717) is 11.8 Å². The van der Waals surface area contributed by atoms with Gasteiger partial charge in [-0.15, -0.1) is 15.3 Å². The number of nitrogen functional groups attached to an aromatic ring is 1. The van der Waals surface area contributed by atoms with E-state index < -0.39 is 0 Å². The van der Waals surface area contributed by atoms with Gasteiger partial charge in [0.1, 0.15) is 0 Å². The third-order valence-electron chi connectivity index (χ3n) is 7.43. The molecule has 2 aromatic carbocycles. The Balaban J connectivity index is 1.20. The van der Waals surface area contributed by atoms with E-state index in [1.165, 1.54) is 16.8 Å². The number of rotatable bonds is 5. The molecule has 0 unspecified atom stereocenters. The molecule has 3 N–H and O–H groups in total. The smallest absolute Gasteiger partial charge is 0.248 e. The van der Waals surface area contributed by atoms with Gasteiger partial charge in [0.15, 0.2) is 5.82 Å². The molecule has 1 aliphatic carbocycles. The molecule has 38 heavy (non-hydrogen) atoms. The minimum absolute atomic E-state index is 0.263. The second-order valence-electron chi connectivity index (χ2n) is 9.96. The zero-order valence-corrected chi connectivity index (χ0v) is 21.9. The third-order valence-corrected chi connectivity index (χ3v) is 7.43. The highest BCUT2D eigenvalue weighted by Crippen LogP contribution is 2.31. The van der Waals surface area contributed by atoms with Gasteiger partial charge in [-0.1, -0.05) is 42.5 Å². The molecule has 0 saturated carbocycles. The topological polar surface area (TPSA) is 101 Å². The van der Waals surface area contributed by atoms with Crippen molar-refractivity contribution in [2.45, 2.75) is 26.2 Å². The van der Waals surface area contributed by atoms with Crippen molar-refractivity contribution in [1.82, 2.24) is 34.8 Å². The number of piperazine rings is 1. The lowest BCUT2D eigenvalue weighted by molar-refractivity contribution is 0.207. The molecule has 1 aliphatic heterocycles. The van der Waals surface area contributed by atoms with E-state index in [2.05, 4.69) is 91.8 Å². The van der Waals surface area contributed by atoms with Crippen molar-refractivity contribution < 1.29 is 0 Å². The standard InChI is InChI=1S/C29H33N9/c1-3-25(37-17-15-36(2)16-18-37)21-11-13-23(14-12-21)31-29-32-28(30)38(35-29)26-19-22-9-6-8-20-7-4-5-10-24(20)27(22)34-33-26/h3-5,7,10-14,19H,6,8-9,15-18H2,1-2H3,(H3,30,31,32,35)/b25-3+. The van der Waals surface area contributed by atoms with Gasteiger partial charge in [0.05, 0.1) is 5.69 Å². The summed E-state index contributed by atoms with van der Waals surface area (Å²) in [4.78, 5) is 9.25. The van der Waals surface area contributed by atoms with Gasteiger partial charge in [-0.3, -0.25) is 0 Å². The fraction of sp³-hybridized carbons (Fsp3) is 0.310. The Kier molecular flexibility index (Phi) is 6.51. The molecule has 3 heterocycles. The number of fused-ring (bicyclic) bond motifs is 3. The average molecular weight is 508 g/mol. The van der Waals surface area contributed by atoms with Gasteiger partial charge in [-0.2, -0.15) is 9.67 Å². The molecule has 2 aromatic heterocycles. The van der Waals surface area contributed by atoms with Crippen molar-refractivity contribution in [2.75, 3.05) is 44.3 Å². The Hall–Kier alpha value is -4.24. The van der Waals surface area contributed by atoms with Gasteiger partial charge in [-0.05, 0) is 68.1 Å². The highest BCUT2D eigenvalue weighted by atomic mass is 15.4. The molecule has 1 saturated heterocycles. The molecule has 6 rings (SSSR count). The minimum Gasteiger partial charge on any atom is -0.369 e. The first kappa shape index (κ1) is 24.1. The number of nitrogens with one attached hydrogen (secondary N) is 1. The second-order valence-corrected chi connectivity index (χ2v) is 9.96. The average Bonchev–Trinajstić information content (AvgIpc) is 3.20. The maximum absolute atomic E-state index is 6.25. The molecule has 0 amide bonds. The molecule has 0 spiro atoms. The highest BCUT2D eigenvalue weighted by molar-refractivity contribution is 5.69. The second kappa shape index (κ2) is 10.3. The number of aryl methyl sites for hydroxylation is 2. The molecule has 2 aliphatic rings.